The van der Waals surface area contributed by atoms with Crippen molar-refractivity contribution in [2.45, 2.75) is 24.3 Å². The lowest BCUT2D eigenvalue weighted by Crippen LogP contribution is -2.15. The molecule has 7 nitrogen and oxygen atoms in total. The van der Waals surface area contributed by atoms with Crippen LogP contribution >= 0.6 is 11.8 Å². The van der Waals surface area contributed by atoms with Crippen molar-refractivity contribution >= 4 is 21.8 Å². The summed E-state index contributed by atoms with van der Waals surface area (Å²) in [6, 6.07) is 3.13. The van der Waals surface area contributed by atoms with Gasteiger partial charge in [0.05, 0.1) is 4.90 Å². The summed E-state index contributed by atoms with van der Waals surface area (Å²) in [6.07, 6.45) is 1.37. The molecule has 0 aliphatic heterocycles. The Bertz CT molecular complexity index is 808. The van der Waals surface area contributed by atoms with E-state index in [1.54, 1.807) is 18.7 Å². The first kappa shape index (κ1) is 17.9. The summed E-state index contributed by atoms with van der Waals surface area (Å²) in [6.45, 7) is 1.60. The van der Waals surface area contributed by atoms with Gasteiger partial charge in [0, 0.05) is 0 Å². The first-order chi connectivity index (χ1) is 10.7. The number of rotatable bonds is 6. The van der Waals surface area contributed by atoms with Gasteiger partial charge in [-0.05, 0) is 43.6 Å². The summed E-state index contributed by atoms with van der Waals surface area (Å²) in [5.41, 5.74) is -0.129. The molecule has 0 spiro atoms. The third-order valence-corrected chi connectivity index (χ3v) is 4.66. The molecule has 0 bridgehead atoms. The highest BCUT2D eigenvalue weighted by Gasteiger charge is 2.21. The quantitative estimate of drug-likeness (QED) is 0.799. The average molecular weight is 360 g/mol. The third kappa shape index (κ3) is 4.08. The van der Waals surface area contributed by atoms with Gasteiger partial charge < -0.3 is 5.11 Å². The molecule has 1 aromatic carbocycles. The predicted molar refractivity (Wildman–Crippen MR) is 85.4 cm³/mol. The summed E-state index contributed by atoms with van der Waals surface area (Å²) in [7, 11) is -3.98. The molecule has 3 N–H and O–H groups in total. The van der Waals surface area contributed by atoms with Crippen molar-refractivity contribution < 1.29 is 17.9 Å². The van der Waals surface area contributed by atoms with E-state index in [9.17, 15) is 17.9 Å². The van der Waals surface area contributed by atoms with Crippen LogP contribution in [0.5, 0.6) is 0 Å². The van der Waals surface area contributed by atoms with Crippen LogP contribution in [0.1, 0.15) is 24.2 Å². The van der Waals surface area contributed by atoms with Crippen LogP contribution in [0.3, 0.4) is 0 Å². The fourth-order valence-electron chi connectivity index (χ4n) is 2.01. The Morgan fingerprint density at radius 2 is 2.17 bits per heavy atom. The molecule has 10 heteroatoms. The van der Waals surface area contributed by atoms with Gasteiger partial charge in [0.25, 0.3) is 0 Å². The molecule has 23 heavy (non-hydrogen) atoms. The molecule has 1 heterocycles. The number of aryl methyl sites for hydroxylation is 1. The number of nitrogens with two attached hydrogens (primary N) is 1. The Balaban J connectivity index is 2.54. The number of hydrogen-bond acceptors (Lipinski definition) is 6. The van der Waals surface area contributed by atoms with Gasteiger partial charge in [-0.1, -0.05) is 0 Å². The molecule has 0 saturated carbocycles. The fourth-order valence-corrected chi connectivity index (χ4v) is 3.01. The van der Waals surface area contributed by atoms with Gasteiger partial charge in [0.15, 0.2) is 5.82 Å². The van der Waals surface area contributed by atoms with Crippen molar-refractivity contribution in [2.24, 2.45) is 5.14 Å². The lowest BCUT2D eigenvalue weighted by atomic mass is 10.2. The Morgan fingerprint density at radius 3 is 2.78 bits per heavy atom. The molecule has 0 aliphatic rings. The minimum atomic E-state index is -3.98. The second kappa shape index (κ2) is 6.95. The lowest BCUT2D eigenvalue weighted by Gasteiger charge is -2.12. The van der Waals surface area contributed by atoms with Crippen molar-refractivity contribution in [3.05, 3.63) is 35.7 Å². The molecule has 126 valence electrons. The summed E-state index contributed by atoms with van der Waals surface area (Å²) in [5, 5.41) is 19.4. The second-order valence-corrected chi connectivity index (χ2v) is 7.43. The predicted octanol–water partition coefficient (Wildman–Crippen LogP) is 1.15. The summed E-state index contributed by atoms with van der Waals surface area (Å²) in [4.78, 5) is 3.87. The lowest BCUT2D eigenvalue weighted by molar-refractivity contribution is 0.162. The van der Waals surface area contributed by atoms with E-state index in [2.05, 4.69) is 10.1 Å². The van der Waals surface area contributed by atoms with E-state index < -0.39 is 21.9 Å². The minimum absolute atomic E-state index is 0.129. The number of hydrogen-bond donors (Lipinski definition) is 2. The number of nitrogens with zero attached hydrogens (tertiary/aromatic N) is 3. The van der Waals surface area contributed by atoms with Crippen molar-refractivity contribution in [3.8, 4) is 5.69 Å². The number of sulfonamides is 1. The molecule has 2 rings (SSSR count). The van der Waals surface area contributed by atoms with Gasteiger partial charge in [-0.15, -0.1) is 0 Å². The summed E-state index contributed by atoms with van der Waals surface area (Å²) < 4.78 is 38.2. The smallest absolute Gasteiger partial charge is 0.238 e. The molecule has 0 radical (unpaired) electrons. The average Bonchev–Trinajstić information content (AvgIpc) is 2.85. The van der Waals surface area contributed by atoms with E-state index in [4.69, 9.17) is 5.14 Å². The van der Waals surface area contributed by atoms with Crippen LogP contribution in [0, 0.1) is 12.7 Å². The van der Waals surface area contributed by atoms with Crippen molar-refractivity contribution in [3.63, 3.8) is 0 Å². The van der Waals surface area contributed by atoms with Crippen LogP contribution in [0.2, 0.25) is 0 Å². The number of aliphatic hydroxyl groups is 1. The summed E-state index contributed by atoms with van der Waals surface area (Å²) in [5.74, 6) is 0.485. The third-order valence-electron chi connectivity index (χ3n) is 3.11. The molecule has 0 amide bonds. The van der Waals surface area contributed by atoms with E-state index in [0.29, 0.717) is 18.0 Å². The zero-order chi connectivity index (χ0) is 17.2. The first-order valence-corrected chi connectivity index (χ1v) is 9.61. The van der Waals surface area contributed by atoms with Gasteiger partial charge >= 0.3 is 0 Å². The van der Waals surface area contributed by atoms with Gasteiger partial charge in [0.2, 0.25) is 10.0 Å². The fraction of sp³-hybridized carbons (Fsp3) is 0.385. The molecule has 0 aliphatic carbocycles. The van der Waals surface area contributed by atoms with Crippen LogP contribution in [0.25, 0.3) is 5.69 Å². The molecule has 2 aromatic rings. The number of benzene rings is 1. The van der Waals surface area contributed by atoms with Crippen LogP contribution < -0.4 is 5.14 Å². The number of aromatic nitrogens is 3. The van der Waals surface area contributed by atoms with E-state index in [1.165, 1.54) is 0 Å². The Kier molecular flexibility index (Phi) is 5.40. The number of aliphatic hydroxyl groups excluding tert-OH is 1. The first-order valence-electron chi connectivity index (χ1n) is 6.67. The molecule has 0 fully saturated rings. The highest BCUT2D eigenvalue weighted by atomic mass is 32.2. The van der Waals surface area contributed by atoms with Crippen molar-refractivity contribution in [1.82, 2.24) is 14.8 Å². The highest BCUT2D eigenvalue weighted by Crippen LogP contribution is 2.23. The Hall–Kier alpha value is -1.49. The number of primary sulfonamides is 1. The van der Waals surface area contributed by atoms with Crippen LogP contribution in [-0.4, -0.2) is 40.3 Å². The topological polar surface area (TPSA) is 111 Å². The zero-order valence-electron chi connectivity index (χ0n) is 12.6. The largest absolute Gasteiger partial charge is 0.385 e. The SMILES string of the molecule is CSCC[C@@H](O)c1nc(C)nn1-c1cc(S(N)(=O)=O)ccc1F. The highest BCUT2D eigenvalue weighted by molar-refractivity contribution is 7.98. The van der Waals surface area contributed by atoms with E-state index in [1.807, 2.05) is 6.26 Å². The number of halogens is 1. The molecule has 0 unspecified atom stereocenters. The standard InChI is InChI=1S/C13H17FN4O3S2/c1-8-16-13(12(19)5-6-22-2)18(17-8)11-7-9(23(15,20)21)3-4-10(11)14/h3-4,7,12,19H,5-6H2,1-2H3,(H2,15,20,21)/t12-/m1/s1. The van der Waals surface area contributed by atoms with Gasteiger partial charge in [-0.25, -0.2) is 27.6 Å². The maximum atomic E-state index is 14.1. The maximum absolute atomic E-state index is 14.1. The molecule has 1 aromatic heterocycles. The van der Waals surface area contributed by atoms with Crippen molar-refractivity contribution in [2.75, 3.05) is 12.0 Å². The monoisotopic (exact) mass is 360 g/mol. The Morgan fingerprint density at radius 1 is 1.48 bits per heavy atom. The van der Waals surface area contributed by atoms with Crippen LogP contribution in [-0.2, 0) is 10.0 Å². The maximum Gasteiger partial charge on any atom is 0.238 e. The van der Waals surface area contributed by atoms with Gasteiger partial charge in [0.1, 0.15) is 23.4 Å². The summed E-state index contributed by atoms with van der Waals surface area (Å²) >= 11 is 1.55. The van der Waals surface area contributed by atoms with Crippen LogP contribution in [0.15, 0.2) is 23.1 Å². The normalized spacial score (nSPS) is 13.3. The second-order valence-electron chi connectivity index (χ2n) is 4.88. The van der Waals surface area contributed by atoms with Gasteiger partial charge in [-0.3, -0.25) is 0 Å². The zero-order valence-corrected chi connectivity index (χ0v) is 14.2. The molecule has 1 atom stereocenters. The Labute approximate surface area is 137 Å². The van der Waals surface area contributed by atoms with E-state index in [0.717, 1.165) is 22.9 Å². The number of thioether (sulfide) groups is 1. The minimum Gasteiger partial charge on any atom is -0.385 e. The molecule has 0 saturated heterocycles. The molecular weight excluding hydrogens is 343 g/mol. The van der Waals surface area contributed by atoms with E-state index >= 15 is 0 Å². The van der Waals surface area contributed by atoms with Crippen molar-refractivity contribution in [1.29, 1.82) is 0 Å². The van der Waals surface area contributed by atoms with Gasteiger partial charge in [-0.2, -0.15) is 16.9 Å². The molecular formula is C13H17FN4O3S2. The van der Waals surface area contributed by atoms with Crippen LogP contribution in [0.4, 0.5) is 4.39 Å². The van der Waals surface area contributed by atoms with E-state index in [-0.39, 0.29) is 16.4 Å².